The number of carbonyl (C=O) groups is 1. The normalized spacial score (nSPS) is 17.1. The molecule has 1 aromatic heterocycles. The third-order valence-corrected chi connectivity index (χ3v) is 4.94. The number of likely N-dealkylation sites (tertiary alicyclic amines) is 1. The van der Waals surface area contributed by atoms with Gasteiger partial charge < -0.3 is 5.32 Å². The smallest absolute Gasteiger partial charge is 0.252 e. The van der Waals surface area contributed by atoms with Gasteiger partial charge in [0.2, 0.25) is 0 Å². The van der Waals surface area contributed by atoms with Crippen molar-refractivity contribution in [3.8, 4) is 0 Å². The Bertz CT molecular complexity index is 576. The Kier molecular flexibility index (Phi) is 5.24. The minimum atomic E-state index is 0.0270. The van der Waals surface area contributed by atoms with E-state index in [1.165, 1.54) is 24.8 Å². The molecule has 1 amide bonds. The summed E-state index contributed by atoms with van der Waals surface area (Å²) in [6.07, 6.45) is 3.82. The molecule has 0 aliphatic carbocycles. The molecule has 2 aromatic rings. The number of carbonyl (C=O) groups excluding carboxylic acids is 1. The highest BCUT2D eigenvalue weighted by Crippen LogP contribution is 2.24. The van der Waals surface area contributed by atoms with Gasteiger partial charge in [-0.05, 0) is 42.9 Å². The van der Waals surface area contributed by atoms with E-state index in [2.05, 4.69) is 34.5 Å². The molecule has 1 unspecified atom stereocenters. The lowest BCUT2D eigenvalue weighted by atomic mass is 10.0. The van der Waals surface area contributed by atoms with Crippen molar-refractivity contribution in [2.75, 3.05) is 19.6 Å². The average Bonchev–Trinajstić information content (AvgIpc) is 3.11. The van der Waals surface area contributed by atoms with E-state index < -0.39 is 0 Å². The number of hydrogen-bond acceptors (Lipinski definition) is 3. The highest BCUT2D eigenvalue weighted by atomic mass is 32.1. The molecule has 1 atom stereocenters. The molecule has 0 saturated carbocycles. The van der Waals surface area contributed by atoms with E-state index in [4.69, 9.17) is 0 Å². The van der Waals surface area contributed by atoms with Crippen LogP contribution in [-0.2, 0) is 0 Å². The van der Waals surface area contributed by atoms with Gasteiger partial charge in [-0.15, -0.1) is 0 Å². The van der Waals surface area contributed by atoms with E-state index >= 15 is 0 Å². The zero-order valence-electron chi connectivity index (χ0n) is 12.7. The Morgan fingerprint density at radius 1 is 1.14 bits per heavy atom. The van der Waals surface area contributed by atoms with E-state index in [1.807, 2.05) is 22.9 Å². The SMILES string of the molecule is O=C(NCC(c1ccccc1)N1CCCCC1)c1ccsc1. The molecule has 0 bridgehead atoms. The number of hydrogen-bond donors (Lipinski definition) is 1. The Morgan fingerprint density at radius 3 is 2.59 bits per heavy atom. The summed E-state index contributed by atoms with van der Waals surface area (Å²) in [4.78, 5) is 14.7. The molecule has 1 aliphatic rings. The first kappa shape index (κ1) is 15.3. The van der Waals surface area contributed by atoms with Crippen molar-refractivity contribution in [3.63, 3.8) is 0 Å². The maximum atomic E-state index is 12.2. The second kappa shape index (κ2) is 7.56. The second-order valence-corrected chi connectivity index (χ2v) is 6.53. The van der Waals surface area contributed by atoms with Crippen molar-refractivity contribution in [2.45, 2.75) is 25.3 Å². The van der Waals surface area contributed by atoms with Crippen molar-refractivity contribution < 1.29 is 4.79 Å². The molecule has 3 rings (SSSR count). The van der Waals surface area contributed by atoms with Crippen LogP contribution in [0.3, 0.4) is 0 Å². The first-order valence-electron chi connectivity index (χ1n) is 7.94. The maximum absolute atomic E-state index is 12.2. The van der Waals surface area contributed by atoms with Crippen LogP contribution in [0.15, 0.2) is 47.2 Å². The summed E-state index contributed by atoms with van der Waals surface area (Å²) in [6.45, 7) is 2.90. The van der Waals surface area contributed by atoms with Crippen LogP contribution in [0.1, 0.15) is 41.2 Å². The molecule has 3 nitrogen and oxygen atoms in total. The van der Waals surface area contributed by atoms with E-state index in [1.54, 1.807) is 11.3 Å². The van der Waals surface area contributed by atoms with Crippen molar-refractivity contribution in [2.24, 2.45) is 0 Å². The van der Waals surface area contributed by atoms with Crippen LogP contribution in [-0.4, -0.2) is 30.4 Å². The zero-order chi connectivity index (χ0) is 15.2. The minimum Gasteiger partial charge on any atom is -0.350 e. The summed E-state index contributed by atoms with van der Waals surface area (Å²) in [7, 11) is 0. The fourth-order valence-electron chi connectivity index (χ4n) is 3.05. The summed E-state index contributed by atoms with van der Waals surface area (Å²) in [5.41, 5.74) is 2.05. The maximum Gasteiger partial charge on any atom is 0.252 e. The molecule has 1 aromatic carbocycles. The summed E-state index contributed by atoms with van der Waals surface area (Å²) in [6, 6.07) is 12.7. The molecule has 1 N–H and O–H groups in total. The van der Waals surface area contributed by atoms with Gasteiger partial charge in [-0.2, -0.15) is 11.3 Å². The molecule has 4 heteroatoms. The highest BCUT2D eigenvalue weighted by Gasteiger charge is 2.22. The van der Waals surface area contributed by atoms with Crippen molar-refractivity contribution in [1.82, 2.24) is 10.2 Å². The van der Waals surface area contributed by atoms with Crippen LogP contribution < -0.4 is 5.32 Å². The van der Waals surface area contributed by atoms with Crippen LogP contribution in [0.4, 0.5) is 0 Å². The summed E-state index contributed by atoms with van der Waals surface area (Å²) in [5.74, 6) is 0.0270. The topological polar surface area (TPSA) is 32.3 Å². The third-order valence-electron chi connectivity index (χ3n) is 4.26. The van der Waals surface area contributed by atoms with Gasteiger partial charge in [0.25, 0.3) is 5.91 Å². The number of rotatable bonds is 5. The Labute approximate surface area is 136 Å². The van der Waals surface area contributed by atoms with E-state index in [9.17, 15) is 4.79 Å². The van der Waals surface area contributed by atoms with Crippen LogP contribution in [0.5, 0.6) is 0 Å². The Morgan fingerprint density at radius 2 is 1.91 bits per heavy atom. The molecule has 116 valence electrons. The van der Waals surface area contributed by atoms with Gasteiger partial charge in [0.05, 0.1) is 6.04 Å². The fraction of sp³-hybridized carbons (Fsp3) is 0.389. The van der Waals surface area contributed by atoms with Gasteiger partial charge in [-0.3, -0.25) is 9.69 Å². The summed E-state index contributed by atoms with van der Waals surface area (Å²) >= 11 is 1.56. The van der Waals surface area contributed by atoms with Crippen LogP contribution in [0.2, 0.25) is 0 Å². The molecule has 1 aliphatic heterocycles. The number of amides is 1. The first-order valence-corrected chi connectivity index (χ1v) is 8.88. The van der Waals surface area contributed by atoms with Crippen LogP contribution in [0.25, 0.3) is 0 Å². The Hall–Kier alpha value is -1.65. The van der Waals surface area contributed by atoms with Gasteiger partial charge >= 0.3 is 0 Å². The predicted octanol–water partition coefficient (Wildman–Crippen LogP) is 3.71. The van der Waals surface area contributed by atoms with E-state index in [0.29, 0.717) is 6.54 Å². The van der Waals surface area contributed by atoms with Gasteiger partial charge in [-0.25, -0.2) is 0 Å². The molecule has 1 fully saturated rings. The monoisotopic (exact) mass is 314 g/mol. The number of piperidine rings is 1. The number of benzene rings is 1. The lowest BCUT2D eigenvalue weighted by Gasteiger charge is -2.35. The second-order valence-electron chi connectivity index (χ2n) is 5.75. The van der Waals surface area contributed by atoms with Gasteiger partial charge in [0.1, 0.15) is 0 Å². The van der Waals surface area contributed by atoms with Gasteiger partial charge in [0, 0.05) is 17.5 Å². The Balaban J connectivity index is 1.69. The third kappa shape index (κ3) is 3.76. The first-order chi connectivity index (χ1) is 10.8. The molecule has 22 heavy (non-hydrogen) atoms. The lowest BCUT2D eigenvalue weighted by Crippen LogP contribution is -2.40. The van der Waals surface area contributed by atoms with Crippen molar-refractivity contribution in [1.29, 1.82) is 0 Å². The summed E-state index contributed by atoms with van der Waals surface area (Å²) < 4.78 is 0. The molecule has 2 heterocycles. The van der Waals surface area contributed by atoms with Crippen LogP contribution >= 0.6 is 11.3 Å². The molecule has 1 saturated heterocycles. The zero-order valence-corrected chi connectivity index (χ0v) is 13.5. The van der Waals surface area contributed by atoms with Crippen LogP contribution in [0, 0.1) is 0 Å². The number of nitrogens with one attached hydrogen (secondary N) is 1. The van der Waals surface area contributed by atoms with E-state index in [0.717, 1.165) is 18.7 Å². The van der Waals surface area contributed by atoms with Crippen molar-refractivity contribution in [3.05, 3.63) is 58.3 Å². The standard InChI is InChI=1S/C18H22N2OS/c21-18(16-9-12-22-14-16)19-13-17(15-7-3-1-4-8-15)20-10-5-2-6-11-20/h1,3-4,7-9,12,14,17H,2,5-6,10-11,13H2,(H,19,21). The number of nitrogens with zero attached hydrogens (tertiary/aromatic N) is 1. The molecule has 0 radical (unpaired) electrons. The number of thiophene rings is 1. The lowest BCUT2D eigenvalue weighted by molar-refractivity contribution is 0.0925. The average molecular weight is 314 g/mol. The van der Waals surface area contributed by atoms with Crippen molar-refractivity contribution >= 4 is 17.2 Å². The van der Waals surface area contributed by atoms with Gasteiger partial charge in [0.15, 0.2) is 0 Å². The van der Waals surface area contributed by atoms with E-state index in [-0.39, 0.29) is 11.9 Å². The molecule has 0 spiro atoms. The fourth-order valence-corrected chi connectivity index (χ4v) is 3.68. The molecular weight excluding hydrogens is 292 g/mol. The largest absolute Gasteiger partial charge is 0.350 e. The molecular formula is C18H22N2OS. The highest BCUT2D eigenvalue weighted by molar-refractivity contribution is 7.08. The predicted molar refractivity (Wildman–Crippen MR) is 91.3 cm³/mol. The quantitative estimate of drug-likeness (QED) is 0.912. The van der Waals surface area contributed by atoms with Gasteiger partial charge in [-0.1, -0.05) is 36.8 Å². The minimum absolute atomic E-state index is 0.0270. The summed E-state index contributed by atoms with van der Waals surface area (Å²) in [5, 5.41) is 6.94.